The summed E-state index contributed by atoms with van der Waals surface area (Å²) in [5.74, 6) is 1.57. The van der Waals surface area contributed by atoms with Crippen LogP contribution in [0.25, 0.3) is 21.9 Å². The Morgan fingerprint density at radius 3 is 3.16 bits per heavy atom. The van der Waals surface area contributed by atoms with E-state index in [0.29, 0.717) is 5.82 Å². The molecule has 0 fully saturated rings. The number of nitrogen functional groups attached to an aromatic ring is 1. The monoisotopic (exact) mass is 254 g/mol. The topological polar surface area (TPSA) is 81.7 Å². The molecule has 0 aromatic carbocycles. The Labute approximate surface area is 109 Å². The second-order valence-electron chi connectivity index (χ2n) is 4.77. The molecule has 4 heterocycles. The highest BCUT2D eigenvalue weighted by Gasteiger charge is 2.18. The molecule has 3 N–H and O–H groups in total. The molecule has 0 aliphatic carbocycles. The number of hydrogen-bond acceptors (Lipinski definition) is 5. The Balaban J connectivity index is 2.17. The van der Waals surface area contributed by atoms with Crippen LogP contribution in [0.15, 0.2) is 18.5 Å². The molecule has 4 rings (SSSR count). The lowest BCUT2D eigenvalue weighted by Crippen LogP contribution is -2.17. The summed E-state index contributed by atoms with van der Waals surface area (Å²) in [6, 6.07) is 1.98. The lowest BCUT2D eigenvalue weighted by molar-refractivity contribution is 0.658. The lowest BCUT2D eigenvalue weighted by Gasteiger charge is -2.07. The zero-order chi connectivity index (χ0) is 12.8. The molecule has 0 radical (unpaired) electrons. The van der Waals surface area contributed by atoms with Crippen molar-refractivity contribution in [3.8, 4) is 0 Å². The number of imidazole rings is 1. The van der Waals surface area contributed by atoms with E-state index in [1.54, 1.807) is 12.4 Å². The number of nitrogens with one attached hydrogen (secondary N) is 1. The third-order valence-electron chi connectivity index (χ3n) is 3.62. The van der Waals surface area contributed by atoms with Crippen molar-refractivity contribution in [2.75, 3.05) is 18.8 Å². The van der Waals surface area contributed by atoms with Gasteiger partial charge < -0.3 is 15.6 Å². The van der Waals surface area contributed by atoms with Gasteiger partial charge in [0, 0.05) is 37.6 Å². The van der Waals surface area contributed by atoms with Crippen molar-refractivity contribution < 1.29 is 0 Å². The maximum absolute atomic E-state index is 6.04. The first-order valence-corrected chi connectivity index (χ1v) is 6.43. The van der Waals surface area contributed by atoms with Crippen molar-refractivity contribution in [2.45, 2.75) is 13.0 Å². The number of anilines is 1. The van der Waals surface area contributed by atoms with E-state index in [-0.39, 0.29) is 0 Å². The molecule has 0 saturated heterocycles. The maximum atomic E-state index is 6.04. The van der Waals surface area contributed by atoms with Crippen LogP contribution in [0, 0.1) is 0 Å². The number of hydrogen-bond donors (Lipinski definition) is 2. The predicted molar refractivity (Wildman–Crippen MR) is 73.8 cm³/mol. The fourth-order valence-corrected chi connectivity index (χ4v) is 2.76. The Morgan fingerprint density at radius 1 is 1.26 bits per heavy atom. The number of fused-ring (bicyclic) bond motifs is 5. The van der Waals surface area contributed by atoms with Gasteiger partial charge in [-0.25, -0.2) is 9.97 Å². The summed E-state index contributed by atoms with van der Waals surface area (Å²) in [5, 5.41) is 4.46. The van der Waals surface area contributed by atoms with Gasteiger partial charge in [-0.3, -0.25) is 4.98 Å². The van der Waals surface area contributed by atoms with Crippen molar-refractivity contribution in [3.05, 3.63) is 24.3 Å². The maximum Gasteiger partial charge on any atom is 0.152 e. The van der Waals surface area contributed by atoms with Crippen molar-refractivity contribution in [1.82, 2.24) is 24.8 Å². The van der Waals surface area contributed by atoms with Crippen molar-refractivity contribution in [3.63, 3.8) is 0 Å². The zero-order valence-corrected chi connectivity index (χ0v) is 10.4. The third-order valence-corrected chi connectivity index (χ3v) is 3.62. The predicted octanol–water partition coefficient (Wildman–Crippen LogP) is 0.707. The van der Waals surface area contributed by atoms with Crippen LogP contribution in [0.2, 0.25) is 0 Å². The molecule has 3 aromatic rings. The molecule has 3 aromatic heterocycles. The van der Waals surface area contributed by atoms with Crippen LogP contribution < -0.4 is 11.1 Å². The lowest BCUT2D eigenvalue weighted by atomic mass is 10.2. The minimum Gasteiger partial charge on any atom is -0.382 e. The standard InChI is InChI=1S/C13H14N6/c14-13-11-12(8-1-3-16-7-9(8)17-13)19-6-5-15-4-2-10(19)18-11/h1,3,7,15H,2,4-6H2,(H2,14,17). The Hall–Kier alpha value is -2.21. The largest absolute Gasteiger partial charge is 0.382 e. The normalized spacial score (nSPS) is 15.6. The van der Waals surface area contributed by atoms with Gasteiger partial charge in [0.25, 0.3) is 0 Å². The van der Waals surface area contributed by atoms with Gasteiger partial charge in [-0.2, -0.15) is 0 Å². The molecule has 96 valence electrons. The van der Waals surface area contributed by atoms with Crippen molar-refractivity contribution >= 4 is 27.8 Å². The van der Waals surface area contributed by atoms with E-state index < -0.39 is 0 Å². The van der Waals surface area contributed by atoms with Crippen LogP contribution in [-0.2, 0) is 13.0 Å². The van der Waals surface area contributed by atoms with E-state index in [9.17, 15) is 0 Å². The molecule has 0 bridgehead atoms. The van der Waals surface area contributed by atoms with Crippen LogP contribution in [0.3, 0.4) is 0 Å². The molecule has 0 amide bonds. The third kappa shape index (κ3) is 1.50. The SMILES string of the molecule is Nc1nc2cnccc2c2c1nc1n2CCNCC1. The quantitative estimate of drug-likeness (QED) is 0.617. The van der Waals surface area contributed by atoms with Crippen LogP contribution >= 0.6 is 0 Å². The average Bonchev–Trinajstić information content (AvgIpc) is 2.64. The fraction of sp³-hybridized carbons (Fsp3) is 0.308. The molecule has 6 heteroatoms. The average molecular weight is 254 g/mol. The highest BCUT2D eigenvalue weighted by atomic mass is 15.1. The van der Waals surface area contributed by atoms with Crippen molar-refractivity contribution in [2.24, 2.45) is 0 Å². The Kier molecular flexibility index (Phi) is 2.19. The molecule has 1 aliphatic rings. The van der Waals surface area contributed by atoms with Gasteiger partial charge in [0.05, 0.1) is 17.2 Å². The van der Waals surface area contributed by atoms with E-state index in [0.717, 1.165) is 53.8 Å². The van der Waals surface area contributed by atoms with Crippen LogP contribution in [0.1, 0.15) is 5.82 Å². The molecule has 6 nitrogen and oxygen atoms in total. The van der Waals surface area contributed by atoms with Crippen molar-refractivity contribution in [1.29, 1.82) is 0 Å². The van der Waals surface area contributed by atoms with Gasteiger partial charge in [0.15, 0.2) is 5.82 Å². The molecule has 0 unspecified atom stereocenters. The molecule has 0 saturated carbocycles. The Bertz CT molecular complexity index is 775. The first-order chi connectivity index (χ1) is 9.34. The Morgan fingerprint density at radius 2 is 2.21 bits per heavy atom. The van der Waals surface area contributed by atoms with Gasteiger partial charge in [0.2, 0.25) is 0 Å². The summed E-state index contributed by atoms with van der Waals surface area (Å²) >= 11 is 0. The number of rotatable bonds is 0. The van der Waals surface area contributed by atoms with Gasteiger partial charge in [-0.05, 0) is 6.07 Å². The van der Waals surface area contributed by atoms with Gasteiger partial charge >= 0.3 is 0 Å². The van der Waals surface area contributed by atoms with Gasteiger partial charge in [-0.1, -0.05) is 0 Å². The number of nitrogens with zero attached hydrogens (tertiary/aromatic N) is 4. The second-order valence-corrected chi connectivity index (χ2v) is 4.77. The summed E-state index contributed by atoms with van der Waals surface area (Å²) < 4.78 is 2.26. The highest BCUT2D eigenvalue weighted by Crippen LogP contribution is 2.28. The minimum atomic E-state index is 0.490. The van der Waals surface area contributed by atoms with E-state index in [2.05, 4.69) is 24.8 Å². The molecular weight excluding hydrogens is 240 g/mol. The van der Waals surface area contributed by atoms with Gasteiger partial charge in [0.1, 0.15) is 11.3 Å². The molecule has 19 heavy (non-hydrogen) atoms. The molecule has 0 atom stereocenters. The summed E-state index contributed by atoms with van der Waals surface area (Å²) in [6.07, 6.45) is 4.45. The zero-order valence-electron chi connectivity index (χ0n) is 10.4. The molecular formula is C13H14N6. The van der Waals surface area contributed by atoms with Crippen LogP contribution in [0.4, 0.5) is 5.82 Å². The second kappa shape index (κ2) is 3.89. The fourth-order valence-electron chi connectivity index (χ4n) is 2.76. The summed E-state index contributed by atoms with van der Waals surface area (Å²) in [7, 11) is 0. The first-order valence-electron chi connectivity index (χ1n) is 6.43. The summed E-state index contributed by atoms with van der Waals surface area (Å²) in [4.78, 5) is 13.2. The number of aromatic nitrogens is 4. The van der Waals surface area contributed by atoms with E-state index in [1.807, 2.05) is 6.07 Å². The smallest absolute Gasteiger partial charge is 0.152 e. The van der Waals surface area contributed by atoms with Crippen LogP contribution in [0.5, 0.6) is 0 Å². The summed E-state index contributed by atoms with van der Waals surface area (Å²) in [6.45, 7) is 2.82. The van der Waals surface area contributed by atoms with E-state index >= 15 is 0 Å². The minimum absolute atomic E-state index is 0.490. The summed E-state index contributed by atoms with van der Waals surface area (Å²) in [5.41, 5.74) is 8.77. The van der Waals surface area contributed by atoms with Crippen LogP contribution in [-0.4, -0.2) is 32.6 Å². The van der Waals surface area contributed by atoms with Gasteiger partial charge in [-0.15, -0.1) is 0 Å². The molecule has 0 spiro atoms. The number of nitrogens with two attached hydrogens (primary N) is 1. The van der Waals surface area contributed by atoms with E-state index in [1.165, 1.54) is 0 Å². The first kappa shape index (κ1) is 10.7. The van der Waals surface area contributed by atoms with E-state index in [4.69, 9.17) is 5.73 Å². The molecule has 1 aliphatic heterocycles. The highest BCUT2D eigenvalue weighted by molar-refractivity contribution is 6.06. The number of pyridine rings is 2.